The standard InChI is InChI=1S/C12H16F3N/c1-8(2)6-11(16)9-4-3-5-10(7-9)12(13,14)15/h3-5,7-8,11H,6,16H2,1-2H3/t11-/m0/s1. The molecule has 1 nitrogen and oxygen atoms in total. The highest BCUT2D eigenvalue weighted by atomic mass is 19.4. The fourth-order valence-corrected chi connectivity index (χ4v) is 1.59. The molecular formula is C12H16F3N. The van der Waals surface area contributed by atoms with E-state index in [0.717, 1.165) is 12.1 Å². The first-order valence-corrected chi connectivity index (χ1v) is 5.23. The molecule has 0 fully saturated rings. The maximum Gasteiger partial charge on any atom is 0.416 e. The lowest BCUT2D eigenvalue weighted by atomic mass is 9.96. The first-order valence-electron chi connectivity index (χ1n) is 5.23. The predicted octanol–water partition coefficient (Wildman–Crippen LogP) is 3.75. The van der Waals surface area contributed by atoms with E-state index in [9.17, 15) is 13.2 Å². The summed E-state index contributed by atoms with van der Waals surface area (Å²) in [4.78, 5) is 0. The Bertz CT molecular complexity index is 344. The molecule has 0 saturated heterocycles. The number of hydrogen-bond donors (Lipinski definition) is 1. The van der Waals surface area contributed by atoms with Gasteiger partial charge in [-0.3, -0.25) is 0 Å². The van der Waals surface area contributed by atoms with E-state index in [1.54, 1.807) is 6.07 Å². The molecule has 0 amide bonds. The summed E-state index contributed by atoms with van der Waals surface area (Å²) < 4.78 is 37.4. The lowest BCUT2D eigenvalue weighted by Gasteiger charge is -2.16. The van der Waals surface area contributed by atoms with Gasteiger partial charge >= 0.3 is 6.18 Å². The Morgan fingerprint density at radius 3 is 2.38 bits per heavy atom. The summed E-state index contributed by atoms with van der Waals surface area (Å²) in [7, 11) is 0. The number of nitrogens with two attached hydrogens (primary N) is 1. The Balaban J connectivity index is 2.90. The molecule has 0 saturated carbocycles. The molecule has 1 atom stereocenters. The van der Waals surface area contributed by atoms with Crippen LogP contribution in [0.1, 0.15) is 37.4 Å². The molecule has 1 aromatic carbocycles. The van der Waals surface area contributed by atoms with E-state index in [1.165, 1.54) is 6.07 Å². The molecule has 0 bridgehead atoms. The fourth-order valence-electron chi connectivity index (χ4n) is 1.59. The molecule has 0 unspecified atom stereocenters. The number of alkyl halides is 3. The molecular weight excluding hydrogens is 215 g/mol. The van der Waals surface area contributed by atoms with Gasteiger partial charge in [-0.15, -0.1) is 0 Å². The largest absolute Gasteiger partial charge is 0.416 e. The third-order valence-electron chi connectivity index (χ3n) is 2.37. The predicted molar refractivity (Wildman–Crippen MR) is 57.8 cm³/mol. The van der Waals surface area contributed by atoms with Crippen molar-refractivity contribution in [2.45, 2.75) is 32.5 Å². The summed E-state index contributed by atoms with van der Waals surface area (Å²) >= 11 is 0. The van der Waals surface area contributed by atoms with Crippen LogP contribution in [0.5, 0.6) is 0 Å². The minimum Gasteiger partial charge on any atom is -0.324 e. The second-order valence-corrected chi connectivity index (χ2v) is 4.36. The average molecular weight is 231 g/mol. The quantitative estimate of drug-likeness (QED) is 0.842. The van der Waals surface area contributed by atoms with Crippen molar-refractivity contribution in [1.82, 2.24) is 0 Å². The first-order chi connectivity index (χ1) is 7.30. The zero-order valence-corrected chi connectivity index (χ0v) is 9.38. The van der Waals surface area contributed by atoms with Crippen molar-refractivity contribution in [2.75, 3.05) is 0 Å². The van der Waals surface area contributed by atoms with E-state index >= 15 is 0 Å². The topological polar surface area (TPSA) is 26.0 Å². The van der Waals surface area contributed by atoms with Gasteiger partial charge in [-0.1, -0.05) is 26.0 Å². The minimum atomic E-state index is -4.30. The summed E-state index contributed by atoms with van der Waals surface area (Å²) in [5.74, 6) is 0.365. The zero-order valence-electron chi connectivity index (χ0n) is 9.38. The van der Waals surface area contributed by atoms with E-state index < -0.39 is 11.7 Å². The number of rotatable bonds is 3. The molecule has 0 aromatic heterocycles. The third kappa shape index (κ3) is 3.52. The van der Waals surface area contributed by atoms with E-state index in [4.69, 9.17) is 5.73 Å². The Labute approximate surface area is 93.5 Å². The van der Waals surface area contributed by atoms with Crippen LogP contribution in [0.4, 0.5) is 13.2 Å². The molecule has 0 aliphatic rings. The Kier molecular flexibility index (Phi) is 3.97. The van der Waals surface area contributed by atoms with Crippen molar-refractivity contribution in [1.29, 1.82) is 0 Å². The van der Waals surface area contributed by atoms with E-state index in [0.29, 0.717) is 17.9 Å². The van der Waals surface area contributed by atoms with Crippen LogP contribution in [-0.4, -0.2) is 0 Å². The van der Waals surface area contributed by atoms with E-state index in [1.807, 2.05) is 13.8 Å². The third-order valence-corrected chi connectivity index (χ3v) is 2.37. The van der Waals surface area contributed by atoms with E-state index in [-0.39, 0.29) is 6.04 Å². The summed E-state index contributed by atoms with van der Waals surface area (Å²) in [6.45, 7) is 3.99. The van der Waals surface area contributed by atoms with Gasteiger partial charge in [-0.2, -0.15) is 13.2 Å². The van der Waals surface area contributed by atoms with Crippen LogP contribution in [0.25, 0.3) is 0 Å². The van der Waals surface area contributed by atoms with Gasteiger partial charge < -0.3 is 5.73 Å². The Morgan fingerprint density at radius 1 is 1.25 bits per heavy atom. The van der Waals surface area contributed by atoms with Crippen molar-refractivity contribution >= 4 is 0 Å². The van der Waals surface area contributed by atoms with Crippen molar-refractivity contribution in [2.24, 2.45) is 11.7 Å². The van der Waals surface area contributed by atoms with Crippen molar-refractivity contribution in [3.63, 3.8) is 0 Å². The van der Waals surface area contributed by atoms with Gasteiger partial charge in [0.05, 0.1) is 5.56 Å². The monoisotopic (exact) mass is 231 g/mol. The first kappa shape index (κ1) is 13.0. The van der Waals surface area contributed by atoms with Crippen molar-refractivity contribution in [3.05, 3.63) is 35.4 Å². The summed E-state index contributed by atoms with van der Waals surface area (Å²) in [5, 5.41) is 0. The van der Waals surface area contributed by atoms with Crippen LogP contribution in [0.2, 0.25) is 0 Å². The lowest BCUT2D eigenvalue weighted by Crippen LogP contribution is -2.14. The second kappa shape index (κ2) is 4.87. The number of benzene rings is 1. The number of halogens is 3. The van der Waals surface area contributed by atoms with Gasteiger partial charge in [-0.25, -0.2) is 0 Å². The maximum absolute atomic E-state index is 12.5. The minimum absolute atomic E-state index is 0.331. The van der Waals surface area contributed by atoms with Crippen LogP contribution >= 0.6 is 0 Å². The Hall–Kier alpha value is -1.03. The van der Waals surface area contributed by atoms with Crippen LogP contribution in [-0.2, 0) is 6.18 Å². The van der Waals surface area contributed by atoms with Gasteiger partial charge in [0.1, 0.15) is 0 Å². The van der Waals surface area contributed by atoms with Gasteiger partial charge in [0, 0.05) is 6.04 Å². The van der Waals surface area contributed by atoms with Crippen molar-refractivity contribution in [3.8, 4) is 0 Å². The molecule has 0 spiro atoms. The Morgan fingerprint density at radius 2 is 1.88 bits per heavy atom. The molecule has 0 radical (unpaired) electrons. The van der Waals surface area contributed by atoms with Gasteiger partial charge in [-0.05, 0) is 30.0 Å². The van der Waals surface area contributed by atoms with Gasteiger partial charge in [0.15, 0.2) is 0 Å². The second-order valence-electron chi connectivity index (χ2n) is 4.36. The average Bonchev–Trinajstić information content (AvgIpc) is 2.15. The zero-order chi connectivity index (χ0) is 12.3. The highest BCUT2D eigenvalue weighted by Gasteiger charge is 2.30. The molecule has 0 heterocycles. The molecule has 0 aliphatic carbocycles. The molecule has 0 aliphatic heterocycles. The fraction of sp³-hybridized carbons (Fsp3) is 0.500. The molecule has 90 valence electrons. The normalized spacial score (nSPS) is 14.2. The summed E-state index contributed by atoms with van der Waals surface area (Å²) in [5.41, 5.74) is 5.75. The number of hydrogen-bond acceptors (Lipinski definition) is 1. The highest BCUT2D eigenvalue weighted by molar-refractivity contribution is 5.27. The molecule has 1 rings (SSSR count). The molecule has 1 aromatic rings. The van der Waals surface area contributed by atoms with Gasteiger partial charge in [0.25, 0.3) is 0 Å². The lowest BCUT2D eigenvalue weighted by molar-refractivity contribution is -0.137. The van der Waals surface area contributed by atoms with Crippen LogP contribution in [0.3, 0.4) is 0 Å². The van der Waals surface area contributed by atoms with E-state index in [2.05, 4.69) is 0 Å². The van der Waals surface area contributed by atoms with Crippen molar-refractivity contribution < 1.29 is 13.2 Å². The smallest absolute Gasteiger partial charge is 0.324 e. The molecule has 16 heavy (non-hydrogen) atoms. The van der Waals surface area contributed by atoms with Crippen LogP contribution in [0.15, 0.2) is 24.3 Å². The summed E-state index contributed by atoms with van der Waals surface area (Å²) in [6.07, 6.45) is -3.62. The SMILES string of the molecule is CC(C)C[C@H](N)c1cccc(C(F)(F)F)c1. The van der Waals surface area contributed by atoms with Crippen LogP contribution in [0, 0.1) is 5.92 Å². The van der Waals surface area contributed by atoms with Crippen LogP contribution < -0.4 is 5.73 Å². The maximum atomic E-state index is 12.5. The summed E-state index contributed by atoms with van der Waals surface area (Å²) in [6, 6.07) is 4.90. The highest BCUT2D eigenvalue weighted by Crippen LogP contribution is 2.31. The molecule has 2 N–H and O–H groups in total. The molecule has 4 heteroatoms. The van der Waals surface area contributed by atoms with Gasteiger partial charge in [0.2, 0.25) is 0 Å².